The predicted molar refractivity (Wildman–Crippen MR) is 80.6 cm³/mol. The van der Waals surface area contributed by atoms with Crippen molar-refractivity contribution in [1.29, 1.82) is 0 Å². The molecule has 0 amide bonds. The minimum Gasteiger partial charge on any atom is -0.357 e. The summed E-state index contributed by atoms with van der Waals surface area (Å²) in [6.07, 6.45) is 0. The van der Waals surface area contributed by atoms with Gasteiger partial charge in [0.25, 0.3) is 0 Å². The Labute approximate surface area is 115 Å². The van der Waals surface area contributed by atoms with Crippen LogP contribution in [0.4, 0.5) is 0 Å². The molecule has 1 aromatic carbocycles. The van der Waals surface area contributed by atoms with Gasteiger partial charge in [-0.2, -0.15) is 0 Å². The first-order valence-corrected chi connectivity index (χ1v) is 8.60. The van der Waals surface area contributed by atoms with Crippen LogP contribution in [0.2, 0.25) is 0 Å². The van der Waals surface area contributed by atoms with Gasteiger partial charge in [-0.05, 0) is 5.56 Å². The molecule has 0 bridgehead atoms. The van der Waals surface area contributed by atoms with E-state index in [0.717, 1.165) is 16.7 Å². The van der Waals surface area contributed by atoms with Crippen molar-refractivity contribution >= 4 is 27.7 Å². The smallest absolute Gasteiger partial charge is 0.157 e. The standard InChI is InChI=1S/C13H18N2OS2/c1-2-18(16)9-8-14-13-15-12(10-17-13)11-6-4-3-5-7-11/h3-7,12H,2,8-10H2,1H3,(H,14,15). The van der Waals surface area contributed by atoms with Crippen molar-refractivity contribution in [3.8, 4) is 0 Å². The summed E-state index contributed by atoms with van der Waals surface area (Å²) in [4.78, 5) is 4.46. The third kappa shape index (κ3) is 3.85. The molecule has 98 valence electrons. The number of rotatable bonds is 5. The van der Waals surface area contributed by atoms with Crippen molar-refractivity contribution in [2.45, 2.75) is 13.0 Å². The molecule has 0 saturated carbocycles. The average Bonchev–Trinajstić information content (AvgIpc) is 2.88. The van der Waals surface area contributed by atoms with Crippen LogP contribution in [0, 0.1) is 0 Å². The highest BCUT2D eigenvalue weighted by Gasteiger charge is 2.21. The molecule has 1 N–H and O–H groups in total. The summed E-state index contributed by atoms with van der Waals surface area (Å²) in [7, 11) is -0.716. The normalized spacial score (nSPS) is 22.9. The maximum atomic E-state index is 11.3. The molecule has 1 aromatic rings. The maximum absolute atomic E-state index is 11.3. The summed E-state index contributed by atoms with van der Waals surface area (Å²) < 4.78 is 11.3. The first-order valence-electron chi connectivity index (χ1n) is 6.13. The molecule has 18 heavy (non-hydrogen) atoms. The second-order valence-corrected chi connectivity index (χ2v) is 6.91. The number of nitrogens with zero attached hydrogens (tertiary/aromatic N) is 1. The van der Waals surface area contributed by atoms with E-state index in [9.17, 15) is 4.21 Å². The van der Waals surface area contributed by atoms with Gasteiger partial charge >= 0.3 is 0 Å². The van der Waals surface area contributed by atoms with E-state index in [2.05, 4.69) is 34.6 Å². The Bertz CT molecular complexity index is 434. The van der Waals surface area contributed by atoms with Crippen LogP contribution in [0.1, 0.15) is 18.5 Å². The fraction of sp³-hybridized carbons (Fsp3) is 0.462. The van der Waals surface area contributed by atoms with Gasteiger partial charge in [-0.1, -0.05) is 49.0 Å². The summed E-state index contributed by atoms with van der Waals surface area (Å²) in [6, 6.07) is 10.8. The maximum Gasteiger partial charge on any atom is 0.157 e. The Morgan fingerprint density at radius 3 is 2.94 bits per heavy atom. The minimum atomic E-state index is -0.716. The first kappa shape index (κ1) is 13.6. The second kappa shape index (κ2) is 6.95. The molecule has 1 heterocycles. The van der Waals surface area contributed by atoms with E-state index in [0.29, 0.717) is 18.3 Å². The zero-order chi connectivity index (χ0) is 12.8. The number of nitrogens with one attached hydrogen (secondary N) is 1. The lowest BCUT2D eigenvalue weighted by atomic mass is 10.1. The Hall–Kier alpha value is -0.810. The highest BCUT2D eigenvalue weighted by Crippen LogP contribution is 2.25. The number of amidine groups is 1. The SMILES string of the molecule is CCS(=O)CCN=C1NC(c2ccccc2)CS1. The van der Waals surface area contributed by atoms with Crippen LogP contribution in [0.15, 0.2) is 35.3 Å². The number of hydrogen-bond acceptors (Lipinski definition) is 3. The van der Waals surface area contributed by atoms with Crippen molar-refractivity contribution < 1.29 is 4.21 Å². The Balaban J connectivity index is 1.85. The van der Waals surface area contributed by atoms with Gasteiger partial charge in [0, 0.05) is 28.1 Å². The van der Waals surface area contributed by atoms with E-state index in [-0.39, 0.29) is 0 Å². The monoisotopic (exact) mass is 282 g/mol. The zero-order valence-corrected chi connectivity index (χ0v) is 12.1. The molecule has 1 fully saturated rings. The summed E-state index contributed by atoms with van der Waals surface area (Å²) in [6.45, 7) is 2.59. The first-order chi connectivity index (χ1) is 8.79. The predicted octanol–water partition coefficient (Wildman–Crippen LogP) is 2.19. The number of thioether (sulfide) groups is 1. The van der Waals surface area contributed by atoms with Crippen molar-refractivity contribution in [1.82, 2.24) is 5.32 Å². The van der Waals surface area contributed by atoms with Crippen molar-refractivity contribution in [2.75, 3.05) is 23.8 Å². The highest BCUT2D eigenvalue weighted by atomic mass is 32.2. The minimum absolute atomic E-state index is 0.353. The van der Waals surface area contributed by atoms with Gasteiger partial charge in [-0.15, -0.1) is 0 Å². The molecule has 1 aliphatic rings. The highest BCUT2D eigenvalue weighted by molar-refractivity contribution is 8.14. The van der Waals surface area contributed by atoms with Crippen LogP contribution < -0.4 is 5.32 Å². The fourth-order valence-electron chi connectivity index (χ4n) is 1.74. The van der Waals surface area contributed by atoms with E-state index in [1.54, 1.807) is 11.8 Å². The van der Waals surface area contributed by atoms with Crippen LogP contribution in [-0.2, 0) is 10.8 Å². The Morgan fingerprint density at radius 1 is 1.44 bits per heavy atom. The summed E-state index contributed by atoms with van der Waals surface area (Å²) in [5, 5.41) is 4.40. The molecule has 0 spiro atoms. The molecule has 1 saturated heterocycles. The van der Waals surface area contributed by atoms with Crippen molar-refractivity contribution in [2.24, 2.45) is 4.99 Å². The van der Waals surface area contributed by atoms with Gasteiger partial charge in [0.1, 0.15) is 0 Å². The molecule has 2 rings (SSSR count). The van der Waals surface area contributed by atoms with E-state index in [1.165, 1.54) is 5.56 Å². The number of aliphatic imine (C=N–C) groups is 1. The van der Waals surface area contributed by atoms with E-state index >= 15 is 0 Å². The molecular weight excluding hydrogens is 264 g/mol. The van der Waals surface area contributed by atoms with Gasteiger partial charge in [0.05, 0.1) is 12.6 Å². The van der Waals surface area contributed by atoms with Crippen molar-refractivity contribution in [3.05, 3.63) is 35.9 Å². The van der Waals surface area contributed by atoms with Crippen LogP contribution >= 0.6 is 11.8 Å². The third-order valence-corrected chi connectivity index (χ3v) is 5.08. The van der Waals surface area contributed by atoms with Crippen LogP contribution in [0.3, 0.4) is 0 Å². The molecule has 2 unspecified atom stereocenters. The average molecular weight is 282 g/mol. The molecule has 0 aliphatic carbocycles. The third-order valence-electron chi connectivity index (χ3n) is 2.78. The number of hydrogen-bond donors (Lipinski definition) is 1. The van der Waals surface area contributed by atoms with E-state index in [1.807, 2.05) is 13.0 Å². The lowest BCUT2D eigenvalue weighted by Gasteiger charge is -2.09. The van der Waals surface area contributed by atoms with Gasteiger partial charge in [0.15, 0.2) is 5.17 Å². The zero-order valence-electron chi connectivity index (χ0n) is 10.5. The molecule has 0 radical (unpaired) electrons. The van der Waals surface area contributed by atoms with Gasteiger partial charge in [0.2, 0.25) is 0 Å². The van der Waals surface area contributed by atoms with Crippen LogP contribution in [0.25, 0.3) is 0 Å². The van der Waals surface area contributed by atoms with Crippen molar-refractivity contribution in [3.63, 3.8) is 0 Å². The van der Waals surface area contributed by atoms with Crippen LogP contribution in [-0.4, -0.2) is 33.2 Å². The van der Waals surface area contributed by atoms with E-state index in [4.69, 9.17) is 0 Å². The molecule has 5 heteroatoms. The summed E-state index contributed by atoms with van der Waals surface area (Å²) in [5.41, 5.74) is 1.30. The fourth-order valence-corrected chi connectivity index (χ4v) is 3.34. The van der Waals surface area contributed by atoms with E-state index < -0.39 is 10.8 Å². The number of benzene rings is 1. The van der Waals surface area contributed by atoms with Gasteiger partial charge < -0.3 is 5.32 Å². The largest absolute Gasteiger partial charge is 0.357 e. The summed E-state index contributed by atoms with van der Waals surface area (Å²) in [5.74, 6) is 2.40. The Kier molecular flexibility index (Phi) is 5.26. The lowest BCUT2D eigenvalue weighted by molar-refractivity contribution is 0.683. The molecule has 3 nitrogen and oxygen atoms in total. The molecule has 2 atom stereocenters. The lowest BCUT2D eigenvalue weighted by Crippen LogP contribution is -2.19. The topological polar surface area (TPSA) is 41.5 Å². The summed E-state index contributed by atoms with van der Waals surface area (Å²) >= 11 is 1.74. The second-order valence-electron chi connectivity index (χ2n) is 4.04. The quantitative estimate of drug-likeness (QED) is 0.900. The molecular formula is C13H18N2OS2. The Morgan fingerprint density at radius 2 is 2.22 bits per heavy atom. The van der Waals surface area contributed by atoms with Gasteiger partial charge in [-0.25, -0.2) is 0 Å². The van der Waals surface area contributed by atoms with Crippen LogP contribution in [0.5, 0.6) is 0 Å². The molecule has 1 aliphatic heterocycles. The van der Waals surface area contributed by atoms with Gasteiger partial charge in [-0.3, -0.25) is 9.20 Å². The molecule has 0 aromatic heterocycles.